The molecule has 2 saturated heterocycles. The summed E-state index contributed by atoms with van der Waals surface area (Å²) in [6, 6.07) is 6.98. The largest absolute Gasteiger partial charge is 0.490 e. The van der Waals surface area contributed by atoms with Gasteiger partial charge in [0.1, 0.15) is 6.10 Å². The summed E-state index contributed by atoms with van der Waals surface area (Å²) >= 11 is 0. The van der Waals surface area contributed by atoms with Crippen LogP contribution in [0.15, 0.2) is 18.2 Å². The molecule has 0 aromatic heterocycles. The fourth-order valence-corrected chi connectivity index (χ4v) is 4.20. The number of hydrogen-bond donors (Lipinski definition) is 2. The van der Waals surface area contributed by atoms with Crippen molar-refractivity contribution in [1.29, 1.82) is 0 Å². The topological polar surface area (TPSA) is 97.3 Å². The second kappa shape index (κ2) is 9.14. The van der Waals surface area contributed by atoms with Crippen molar-refractivity contribution >= 4 is 11.9 Å². The molecule has 0 spiro atoms. The van der Waals surface area contributed by atoms with E-state index in [4.69, 9.17) is 24.1 Å². The lowest BCUT2D eigenvalue weighted by molar-refractivity contribution is -0.192. The molecule has 11 heteroatoms. The summed E-state index contributed by atoms with van der Waals surface area (Å²) in [5.41, 5.74) is 1.23. The van der Waals surface area contributed by atoms with Crippen LogP contribution in [-0.2, 0) is 20.9 Å². The molecular weight excluding hydrogens is 433 g/mol. The predicted molar refractivity (Wildman–Crippen MR) is 104 cm³/mol. The molecule has 3 heterocycles. The van der Waals surface area contributed by atoms with E-state index in [0.29, 0.717) is 18.9 Å². The van der Waals surface area contributed by atoms with E-state index in [2.05, 4.69) is 22.3 Å². The number of amides is 1. The van der Waals surface area contributed by atoms with Gasteiger partial charge in [0, 0.05) is 25.2 Å². The number of carbonyl (C=O) groups excluding carboxylic acids is 1. The number of hydrogen-bond acceptors (Lipinski definition) is 6. The maximum Gasteiger partial charge on any atom is 0.490 e. The van der Waals surface area contributed by atoms with Gasteiger partial charge in [0.2, 0.25) is 12.7 Å². The van der Waals surface area contributed by atoms with Crippen molar-refractivity contribution in [3.05, 3.63) is 23.8 Å². The van der Waals surface area contributed by atoms with Crippen molar-refractivity contribution in [2.75, 3.05) is 13.3 Å². The Bertz CT molecular complexity index is 860. The Labute approximate surface area is 182 Å². The summed E-state index contributed by atoms with van der Waals surface area (Å²) in [6.45, 7) is 2.21. The number of likely N-dealkylation sites (tertiary alicyclic amines) is 1. The molecule has 4 aliphatic rings. The summed E-state index contributed by atoms with van der Waals surface area (Å²) in [4.78, 5) is 23.6. The summed E-state index contributed by atoms with van der Waals surface area (Å²) in [6.07, 6.45) is -0.0792. The number of fused-ring (bicyclic) bond motifs is 2. The standard InChI is InChI=1S/C19H24N2O4.C2HF3O2/c22-19(20-13-2-3-13)17-6-4-14-15(25-17)7-8-21(14)10-12-1-5-16-18(9-12)24-11-23-16;3-2(4,5)1(6)7/h1,5,9,13-15,17H,2-4,6-8,10-11H2,(H,20,22);(H,6,7)/t14-,15-,17-;/m1./s1. The molecule has 5 rings (SSSR count). The summed E-state index contributed by atoms with van der Waals surface area (Å²) < 4.78 is 48.7. The first kappa shape index (κ1) is 22.7. The van der Waals surface area contributed by atoms with Crippen LogP contribution < -0.4 is 14.8 Å². The molecule has 176 valence electrons. The molecule has 1 saturated carbocycles. The third-order valence-electron chi connectivity index (χ3n) is 5.94. The van der Waals surface area contributed by atoms with E-state index in [1.165, 1.54) is 5.56 Å². The molecule has 8 nitrogen and oxygen atoms in total. The third-order valence-corrected chi connectivity index (χ3v) is 5.94. The van der Waals surface area contributed by atoms with Gasteiger partial charge in [-0.3, -0.25) is 9.69 Å². The van der Waals surface area contributed by atoms with Crippen LogP contribution in [0.5, 0.6) is 11.5 Å². The molecule has 0 radical (unpaired) electrons. The molecule has 1 aromatic carbocycles. The monoisotopic (exact) mass is 458 g/mol. The summed E-state index contributed by atoms with van der Waals surface area (Å²) in [7, 11) is 0. The Morgan fingerprint density at radius 1 is 1.09 bits per heavy atom. The van der Waals surface area contributed by atoms with Gasteiger partial charge in [0.25, 0.3) is 0 Å². The number of carboxylic acid groups (broad SMARTS) is 1. The van der Waals surface area contributed by atoms with Crippen LogP contribution in [0.2, 0.25) is 0 Å². The lowest BCUT2D eigenvalue weighted by atomic mass is 9.98. The molecule has 32 heavy (non-hydrogen) atoms. The normalized spacial score (nSPS) is 26.7. The number of nitrogens with one attached hydrogen (secondary N) is 1. The van der Waals surface area contributed by atoms with Gasteiger partial charge < -0.3 is 24.6 Å². The van der Waals surface area contributed by atoms with Crippen molar-refractivity contribution in [2.45, 2.75) is 69.1 Å². The number of rotatable bonds is 4. The number of nitrogens with zero attached hydrogens (tertiary/aromatic N) is 1. The highest BCUT2D eigenvalue weighted by Gasteiger charge is 2.42. The van der Waals surface area contributed by atoms with Gasteiger partial charge in [-0.05, 0) is 49.8 Å². The van der Waals surface area contributed by atoms with Crippen LogP contribution in [0.25, 0.3) is 0 Å². The maximum atomic E-state index is 12.2. The van der Waals surface area contributed by atoms with Crippen LogP contribution in [-0.4, -0.2) is 65.7 Å². The minimum absolute atomic E-state index is 0.0928. The van der Waals surface area contributed by atoms with E-state index in [9.17, 15) is 18.0 Å². The van der Waals surface area contributed by atoms with E-state index >= 15 is 0 Å². The van der Waals surface area contributed by atoms with Crippen LogP contribution in [0, 0.1) is 0 Å². The number of halogens is 3. The highest BCUT2D eigenvalue weighted by Crippen LogP contribution is 2.36. The number of carboxylic acids is 1. The number of ether oxygens (including phenoxy) is 3. The van der Waals surface area contributed by atoms with Crippen molar-refractivity contribution in [3.63, 3.8) is 0 Å². The molecule has 0 bridgehead atoms. The molecule has 3 atom stereocenters. The molecule has 2 N–H and O–H groups in total. The van der Waals surface area contributed by atoms with Gasteiger partial charge in [-0.1, -0.05) is 6.07 Å². The average Bonchev–Trinajstić information content (AvgIpc) is 3.28. The van der Waals surface area contributed by atoms with Gasteiger partial charge in [0.15, 0.2) is 11.5 Å². The number of aliphatic carboxylic acids is 1. The molecule has 3 aliphatic heterocycles. The lowest BCUT2D eigenvalue weighted by Crippen LogP contribution is -2.48. The van der Waals surface area contributed by atoms with Gasteiger partial charge in [-0.15, -0.1) is 0 Å². The number of alkyl halides is 3. The highest BCUT2D eigenvalue weighted by molar-refractivity contribution is 5.81. The lowest BCUT2D eigenvalue weighted by Gasteiger charge is -2.35. The molecular formula is C21H25F3N2O6. The number of benzene rings is 1. The smallest absolute Gasteiger partial charge is 0.475 e. The van der Waals surface area contributed by atoms with Crippen molar-refractivity contribution in [3.8, 4) is 11.5 Å². The quantitative estimate of drug-likeness (QED) is 0.715. The number of carbonyl (C=O) groups is 2. The summed E-state index contributed by atoms with van der Waals surface area (Å²) in [5, 5.41) is 10.2. The van der Waals surface area contributed by atoms with Crippen molar-refractivity contribution < 1.29 is 42.1 Å². The first-order valence-corrected chi connectivity index (χ1v) is 10.6. The highest BCUT2D eigenvalue weighted by atomic mass is 19.4. The van der Waals surface area contributed by atoms with Crippen LogP contribution in [0.3, 0.4) is 0 Å². The predicted octanol–water partition coefficient (Wildman–Crippen LogP) is 2.45. The van der Waals surface area contributed by atoms with Gasteiger partial charge in [0.05, 0.1) is 6.10 Å². The van der Waals surface area contributed by atoms with Crippen molar-refractivity contribution in [2.24, 2.45) is 0 Å². The Morgan fingerprint density at radius 2 is 1.81 bits per heavy atom. The Kier molecular flexibility index (Phi) is 6.47. The molecule has 1 aliphatic carbocycles. The van der Waals surface area contributed by atoms with E-state index in [1.807, 2.05) is 6.07 Å². The second-order valence-electron chi connectivity index (χ2n) is 8.34. The van der Waals surface area contributed by atoms with Crippen molar-refractivity contribution in [1.82, 2.24) is 10.2 Å². The SMILES string of the molecule is O=C(NC1CC1)[C@H]1CC[C@@H]2[C@@H](CCN2Cc2ccc3c(c2)OCO3)O1.O=C(O)C(F)(F)F. The second-order valence-corrected chi connectivity index (χ2v) is 8.34. The zero-order valence-corrected chi connectivity index (χ0v) is 17.3. The minimum atomic E-state index is -5.08. The van der Waals surface area contributed by atoms with Crippen LogP contribution in [0.1, 0.15) is 37.7 Å². The van der Waals surface area contributed by atoms with E-state index in [0.717, 1.165) is 56.7 Å². The molecule has 0 unspecified atom stereocenters. The Morgan fingerprint density at radius 3 is 2.50 bits per heavy atom. The van der Waals surface area contributed by atoms with Gasteiger partial charge in [-0.25, -0.2) is 4.79 Å². The van der Waals surface area contributed by atoms with Gasteiger partial charge >= 0.3 is 12.1 Å². The Balaban J connectivity index is 0.000000307. The van der Waals surface area contributed by atoms with E-state index in [-0.39, 0.29) is 18.1 Å². The maximum absolute atomic E-state index is 12.2. The first-order chi connectivity index (χ1) is 15.2. The first-order valence-electron chi connectivity index (χ1n) is 10.6. The van der Waals surface area contributed by atoms with E-state index < -0.39 is 12.1 Å². The molecule has 1 amide bonds. The average molecular weight is 458 g/mol. The summed E-state index contributed by atoms with van der Waals surface area (Å²) in [5.74, 6) is -0.999. The third kappa shape index (κ3) is 5.44. The fourth-order valence-electron chi connectivity index (χ4n) is 4.20. The minimum Gasteiger partial charge on any atom is -0.475 e. The molecule has 1 aromatic rings. The fraction of sp³-hybridized carbons (Fsp3) is 0.619. The van der Waals surface area contributed by atoms with E-state index in [1.54, 1.807) is 0 Å². The zero-order chi connectivity index (χ0) is 22.9. The molecule has 3 fully saturated rings. The van der Waals surface area contributed by atoms with Gasteiger partial charge in [-0.2, -0.15) is 13.2 Å². The Hall–Kier alpha value is -2.53. The van der Waals surface area contributed by atoms with Crippen LogP contribution >= 0.6 is 0 Å². The zero-order valence-electron chi connectivity index (χ0n) is 17.3. The van der Waals surface area contributed by atoms with Crippen LogP contribution in [0.4, 0.5) is 13.2 Å².